The Morgan fingerprint density at radius 1 is 1.41 bits per heavy atom. The predicted octanol–water partition coefficient (Wildman–Crippen LogP) is 1.99. The monoisotopic (exact) mass is 301 g/mol. The summed E-state index contributed by atoms with van der Waals surface area (Å²) < 4.78 is 19.4. The molecule has 1 aliphatic rings. The summed E-state index contributed by atoms with van der Waals surface area (Å²) in [5.74, 6) is -0.389. The molecule has 1 fully saturated rings. The van der Waals surface area contributed by atoms with E-state index >= 15 is 0 Å². The fraction of sp³-hybridized carbons (Fsp3) is 0.417. The number of morpholine rings is 1. The maximum atomic E-state index is 13.5. The number of carbonyl (C=O) groups excluding carboxylic acids is 1. The summed E-state index contributed by atoms with van der Waals surface area (Å²) in [4.78, 5) is 13.6. The molecule has 1 aliphatic heterocycles. The average molecular weight is 302 g/mol. The minimum atomic E-state index is -0.338. The molecule has 0 bridgehead atoms. The van der Waals surface area contributed by atoms with Crippen LogP contribution in [0.15, 0.2) is 22.7 Å². The van der Waals surface area contributed by atoms with E-state index in [0.29, 0.717) is 31.9 Å². The second-order valence-electron chi connectivity index (χ2n) is 3.91. The zero-order valence-corrected chi connectivity index (χ0v) is 10.9. The van der Waals surface area contributed by atoms with Gasteiger partial charge in [-0.25, -0.2) is 4.39 Å². The number of carbonyl (C=O) groups is 1. The molecule has 3 nitrogen and oxygen atoms in total. The van der Waals surface area contributed by atoms with Gasteiger partial charge in [-0.15, -0.1) is 0 Å². The quantitative estimate of drug-likeness (QED) is 0.836. The molecule has 2 rings (SSSR count). The first-order valence-electron chi connectivity index (χ1n) is 5.46. The fourth-order valence-corrected chi connectivity index (χ4v) is 2.17. The van der Waals surface area contributed by atoms with Gasteiger partial charge >= 0.3 is 0 Å². The van der Waals surface area contributed by atoms with Crippen molar-refractivity contribution in [2.75, 3.05) is 26.3 Å². The van der Waals surface area contributed by atoms with Crippen LogP contribution in [-0.2, 0) is 16.0 Å². The number of rotatable bonds is 2. The van der Waals surface area contributed by atoms with Gasteiger partial charge in [0.2, 0.25) is 5.91 Å². The summed E-state index contributed by atoms with van der Waals surface area (Å²) in [5, 5.41) is 0. The molecule has 92 valence electrons. The van der Waals surface area contributed by atoms with Gasteiger partial charge < -0.3 is 9.64 Å². The predicted molar refractivity (Wildman–Crippen MR) is 65.2 cm³/mol. The highest BCUT2D eigenvalue weighted by molar-refractivity contribution is 9.10. The van der Waals surface area contributed by atoms with Gasteiger partial charge in [-0.1, -0.05) is 15.9 Å². The molecule has 0 aromatic heterocycles. The molecule has 0 saturated carbocycles. The van der Waals surface area contributed by atoms with Crippen molar-refractivity contribution in [2.45, 2.75) is 6.42 Å². The van der Waals surface area contributed by atoms with Crippen LogP contribution in [0, 0.1) is 5.82 Å². The van der Waals surface area contributed by atoms with Gasteiger partial charge in [0.1, 0.15) is 5.82 Å². The molecule has 0 atom stereocenters. The summed E-state index contributed by atoms with van der Waals surface area (Å²) in [5.41, 5.74) is 0.427. The van der Waals surface area contributed by atoms with E-state index in [4.69, 9.17) is 4.74 Å². The van der Waals surface area contributed by atoms with E-state index in [2.05, 4.69) is 15.9 Å². The molecule has 1 heterocycles. The molecular weight excluding hydrogens is 289 g/mol. The van der Waals surface area contributed by atoms with Gasteiger partial charge in [-0.05, 0) is 23.8 Å². The van der Waals surface area contributed by atoms with Crippen LogP contribution in [0.3, 0.4) is 0 Å². The second-order valence-corrected chi connectivity index (χ2v) is 4.82. The van der Waals surface area contributed by atoms with Crippen LogP contribution in [0.2, 0.25) is 0 Å². The van der Waals surface area contributed by atoms with Crippen LogP contribution >= 0.6 is 15.9 Å². The van der Waals surface area contributed by atoms with E-state index in [1.807, 2.05) is 0 Å². The molecule has 1 amide bonds. The van der Waals surface area contributed by atoms with E-state index in [0.717, 1.165) is 4.47 Å². The second kappa shape index (κ2) is 5.60. The SMILES string of the molecule is O=C(Cc1cc(Br)ccc1F)N1CCOCC1. The third-order valence-corrected chi connectivity index (χ3v) is 3.21. The summed E-state index contributed by atoms with van der Waals surface area (Å²) in [7, 11) is 0. The Balaban J connectivity index is 2.04. The molecule has 0 unspecified atom stereocenters. The number of halogens is 2. The fourth-order valence-electron chi connectivity index (χ4n) is 1.77. The Morgan fingerprint density at radius 2 is 2.12 bits per heavy atom. The molecular formula is C12H13BrFNO2. The van der Waals surface area contributed by atoms with Crippen molar-refractivity contribution >= 4 is 21.8 Å². The Labute approximate surface area is 108 Å². The maximum absolute atomic E-state index is 13.5. The maximum Gasteiger partial charge on any atom is 0.227 e. The molecule has 0 aliphatic carbocycles. The van der Waals surface area contributed by atoms with Crippen molar-refractivity contribution < 1.29 is 13.9 Å². The van der Waals surface area contributed by atoms with E-state index in [-0.39, 0.29) is 18.1 Å². The van der Waals surface area contributed by atoms with Crippen LogP contribution in [-0.4, -0.2) is 37.1 Å². The number of amides is 1. The minimum Gasteiger partial charge on any atom is -0.378 e. The molecule has 0 N–H and O–H groups in total. The summed E-state index contributed by atoms with van der Waals surface area (Å²) >= 11 is 3.27. The first kappa shape index (κ1) is 12.5. The molecule has 0 spiro atoms. The lowest BCUT2D eigenvalue weighted by Crippen LogP contribution is -2.41. The van der Waals surface area contributed by atoms with Gasteiger partial charge in [-0.3, -0.25) is 4.79 Å². The van der Waals surface area contributed by atoms with Gasteiger partial charge in [0.15, 0.2) is 0 Å². The molecule has 1 aromatic rings. The zero-order valence-electron chi connectivity index (χ0n) is 9.29. The van der Waals surface area contributed by atoms with Crippen molar-refractivity contribution in [3.63, 3.8) is 0 Å². The minimum absolute atomic E-state index is 0.0506. The molecule has 5 heteroatoms. The molecule has 17 heavy (non-hydrogen) atoms. The summed E-state index contributed by atoms with van der Waals surface area (Å²) in [6.45, 7) is 2.31. The van der Waals surface area contributed by atoms with Crippen molar-refractivity contribution in [2.24, 2.45) is 0 Å². The first-order valence-corrected chi connectivity index (χ1v) is 6.25. The Bertz CT molecular complexity index is 419. The van der Waals surface area contributed by atoms with Crippen molar-refractivity contribution in [1.29, 1.82) is 0 Å². The highest BCUT2D eigenvalue weighted by atomic mass is 79.9. The lowest BCUT2D eigenvalue weighted by atomic mass is 10.1. The van der Waals surface area contributed by atoms with Crippen LogP contribution in [0.1, 0.15) is 5.56 Å². The van der Waals surface area contributed by atoms with Gasteiger partial charge in [0.05, 0.1) is 19.6 Å². The van der Waals surface area contributed by atoms with Gasteiger partial charge in [0, 0.05) is 17.6 Å². The highest BCUT2D eigenvalue weighted by Gasteiger charge is 2.18. The number of ether oxygens (including phenoxy) is 1. The Hall–Kier alpha value is -0.940. The van der Waals surface area contributed by atoms with Gasteiger partial charge in [0.25, 0.3) is 0 Å². The third kappa shape index (κ3) is 3.26. The van der Waals surface area contributed by atoms with Crippen LogP contribution in [0.25, 0.3) is 0 Å². The highest BCUT2D eigenvalue weighted by Crippen LogP contribution is 2.16. The van der Waals surface area contributed by atoms with Crippen molar-refractivity contribution in [3.8, 4) is 0 Å². The normalized spacial score (nSPS) is 16.0. The van der Waals surface area contributed by atoms with E-state index in [1.54, 1.807) is 17.0 Å². The zero-order chi connectivity index (χ0) is 12.3. The summed E-state index contributed by atoms with van der Waals surface area (Å²) in [6, 6.07) is 4.64. The van der Waals surface area contributed by atoms with Crippen LogP contribution in [0.4, 0.5) is 4.39 Å². The van der Waals surface area contributed by atoms with Gasteiger partial charge in [-0.2, -0.15) is 0 Å². The molecule has 1 saturated heterocycles. The molecule has 1 aromatic carbocycles. The number of hydrogen-bond acceptors (Lipinski definition) is 2. The lowest BCUT2D eigenvalue weighted by Gasteiger charge is -2.26. The van der Waals surface area contributed by atoms with Crippen molar-refractivity contribution in [1.82, 2.24) is 4.90 Å². The number of nitrogens with zero attached hydrogens (tertiary/aromatic N) is 1. The first-order chi connectivity index (χ1) is 8.16. The van der Waals surface area contributed by atoms with E-state index in [9.17, 15) is 9.18 Å². The molecule has 0 radical (unpaired) electrons. The number of benzene rings is 1. The van der Waals surface area contributed by atoms with E-state index in [1.165, 1.54) is 6.07 Å². The average Bonchev–Trinajstić information content (AvgIpc) is 2.35. The third-order valence-electron chi connectivity index (χ3n) is 2.71. The van der Waals surface area contributed by atoms with Crippen molar-refractivity contribution in [3.05, 3.63) is 34.1 Å². The lowest BCUT2D eigenvalue weighted by molar-refractivity contribution is -0.134. The standard InChI is InChI=1S/C12H13BrFNO2/c13-10-1-2-11(14)9(7-10)8-12(16)15-3-5-17-6-4-15/h1-2,7H,3-6,8H2. The van der Waals surface area contributed by atoms with Crippen LogP contribution in [0.5, 0.6) is 0 Å². The Kier molecular flexibility index (Phi) is 4.12. The van der Waals surface area contributed by atoms with E-state index < -0.39 is 0 Å². The van der Waals surface area contributed by atoms with Crippen LogP contribution < -0.4 is 0 Å². The largest absolute Gasteiger partial charge is 0.378 e. The summed E-state index contributed by atoms with van der Waals surface area (Å²) in [6.07, 6.45) is 0.102. The number of hydrogen-bond donors (Lipinski definition) is 0. The smallest absolute Gasteiger partial charge is 0.227 e. The topological polar surface area (TPSA) is 29.5 Å². The Morgan fingerprint density at radius 3 is 2.82 bits per heavy atom.